The Morgan fingerprint density at radius 2 is 1.38 bits per heavy atom. The molecule has 2 nitrogen and oxygen atoms in total. The van der Waals surface area contributed by atoms with Crippen molar-refractivity contribution in [1.82, 2.24) is 7.79 Å². The van der Waals surface area contributed by atoms with Crippen LogP contribution in [0.4, 0.5) is 0 Å². The number of halogens is 2. The van der Waals surface area contributed by atoms with Crippen LogP contribution in [0.3, 0.4) is 0 Å². The molecule has 0 N–H and O–H groups in total. The van der Waals surface area contributed by atoms with Gasteiger partial charge in [0.05, 0.1) is 0 Å². The fourth-order valence-corrected chi connectivity index (χ4v) is 16.4. The molecule has 1 aliphatic heterocycles. The van der Waals surface area contributed by atoms with Gasteiger partial charge in [-0.2, -0.15) is 22.2 Å². The number of nitrogens with zero attached hydrogens (tertiary/aromatic N) is 2. The van der Waals surface area contributed by atoms with Gasteiger partial charge >= 0.3 is 0 Å². The lowest BCUT2D eigenvalue weighted by Gasteiger charge is -2.39. The van der Waals surface area contributed by atoms with Crippen molar-refractivity contribution in [2.75, 3.05) is 0 Å². The van der Waals surface area contributed by atoms with Crippen LogP contribution in [0.15, 0.2) is 0 Å². The Labute approximate surface area is 67.7 Å². The van der Waals surface area contributed by atoms with Crippen molar-refractivity contribution in [3.8, 4) is 0 Å². The fourth-order valence-electron chi connectivity index (χ4n) is 0.675. The molecule has 0 saturated carbocycles. The molecular weight excluding hydrogens is 211 g/mol. The summed E-state index contributed by atoms with van der Waals surface area (Å²) in [5.74, 6) is 0. The maximum atomic E-state index is 5.71. The minimum absolute atomic E-state index is 0.0208. The highest BCUT2D eigenvalue weighted by molar-refractivity contribution is 7.06. The van der Waals surface area contributed by atoms with Crippen molar-refractivity contribution >= 4 is 59.8 Å². The topological polar surface area (TPSA) is 6.48 Å². The first-order valence-corrected chi connectivity index (χ1v) is 10.5. The molecule has 0 unspecified atom stereocenters. The minimum atomic E-state index is -0.265. The van der Waals surface area contributed by atoms with Gasteiger partial charge in [-0.05, 0) is 0 Å². The Bertz CT molecular complexity index is 64.4. The quantitative estimate of drug-likeness (QED) is 0.363. The molecule has 1 heterocycles. The fraction of sp³-hybridized carbons (Fsp3) is 0. The van der Waals surface area contributed by atoms with Gasteiger partial charge in [-0.3, -0.25) is 0 Å². The third kappa shape index (κ3) is 1.67. The number of hydrogen-bond donors (Lipinski definition) is 0. The van der Waals surface area contributed by atoms with Crippen molar-refractivity contribution in [1.29, 1.82) is 0 Å². The van der Waals surface area contributed by atoms with Gasteiger partial charge in [-0.25, -0.2) is 0 Å². The lowest BCUT2D eigenvalue weighted by atomic mass is 13.7. The van der Waals surface area contributed by atoms with Crippen molar-refractivity contribution in [2.24, 2.45) is 0 Å². The highest BCUT2D eigenvalue weighted by Gasteiger charge is 2.22. The van der Waals surface area contributed by atoms with Crippen molar-refractivity contribution in [3.05, 3.63) is 0 Å². The molecule has 8 heteroatoms. The monoisotopic (exact) mass is 218 g/mol. The van der Waals surface area contributed by atoms with E-state index in [4.69, 9.17) is 22.2 Å². The van der Waals surface area contributed by atoms with Gasteiger partial charge in [0.2, 0.25) is 0 Å². The Balaban J connectivity index is 2.03. The van der Waals surface area contributed by atoms with Gasteiger partial charge in [-0.15, -0.1) is 0 Å². The summed E-state index contributed by atoms with van der Waals surface area (Å²) in [7, 11) is -0.488. The van der Waals surface area contributed by atoms with E-state index >= 15 is 0 Å². The average Bonchev–Trinajstić information content (AvgIpc) is 1.65. The summed E-state index contributed by atoms with van der Waals surface area (Å²) in [5.41, 5.74) is 0. The molecule has 0 bridgehead atoms. The lowest BCUT2D eigenvalue weighted by molar-refractivity contribution is 0.819. The second-order valence-electron chi connectivity index (χ2n) is 1.86. The van der Waals surface area contributed by atoms with Gasteiger partial charge in [0.1, 0.15) is 19.7 Å². The summed E-state index contributed by atoms with van der Waals surface area (Å²) in [6, 6.07) is 0. The Morgan fingerprint density at radius 1 is 1.00 bits per heavy atom. The van der Waals surface area contributed by atoms with E-state index in [0.717, 1.165) is 0 Å². The van der Waals surface area contributed by atoms with Crippen molar-refractivity contribution in [3.63, 3.8) is 0 Å². The maximum Gasteiger partial charge on any atom is 0.186 e. The van der Waals surface area contributed by atoms with E-state index in [0.29, 0.717) is 0 Å². The maximum absolute atomic E-state index is 5.71. The smallest absolute Gasteiger partial charge is 0.186 e. The summed E-state index contributed by atoms with van der Waals surface area (Å²) >= 11 is 11.4. The number of hydrogen-bond acceptors (Lipinski definition) is 2. The van der Waals surface area contributed by atoms with Gasteiger partial charge in [-0.1, -0.05) is 0 Å². The minimum Gasteiger partial charge on any atom is -0.348 e. The van der Waals surface area contributed by atoms with Crippen LogP contribution in [0.25, 0.3) is 0 Å². The normalized spacial score (nSPS) is 32.2. The van der Waals surface area contributed by atoms with Gasteiger partial charge < -0.3 is 7.79 Å². The van der Waals surface area contributed by atoms with E-state index in [-0.39, 0.29) is 37.7 Å². The zero-order valence-electron chi connectivity index (χ0n) is 4.48. The molecule has 8 heavy (non-hydrogen) atoms. The molecule has 0 atom stereocenters. The molecule has 0 spiro atoms. The van der Waals surface area contributed by atoms with E-state index in [1.54, 1.807) is 0 Å². The van der Waals surface area contributed by atoms with E-state index in [1.165, 1.54) is 0 Å². The molecular formula is H8Cl2N2Si4. The van der Waals surface area contributed by atoms with Crippen LogP contribution >= 0.6 is 22.2 Å². The number of rotatable bonds is 2. The third-order valence-corrected chi connectivity index (χ3v) is 16.3. The van der Waals surface area contributed by atoms with E-state index in [2.05, 4.69) is 7.79 Å². The molecule has 1 fully saturated rings. The Morgan fingerprint density at radius 3 is 1.62 bits per heavy atom. The molecule has 1 saturated heterocycles. The molecule has 0 aromatic carbocycles. The summed E-state index contributed by atoms with van der Waals surface area (Å²) in [6.45, 7) is 0. The molecule has 0 aromatic heterocycles. The summed E-state index contributed by atoms with van der Waals surface area (Å²) in [5, 5.41) is 0. The van der Waals surface area contributed by atoms with E-state index < -0.39 is 0 Å². The molecule has 0 radical (unpaired) electrons. The summed E-state index contributed by atoms with van der Waals surface area (Å²) < 4.78 is 5.08. The predicted octanol–water partition coefficient (Wildman–Crippen LogP) is -2.92. The van der Waals surface area contributed by atoms with Crippen LogP contribution in [0.1, 0.15) is 0 Å². The molecule has 0 aromatic rings. The molecule has 1 aliphatic rings. The van der Waals surface area contributed by atoms with Crippen LogP contribution in [0.5, 0.6) is 0 Å². The first-order chi connectivity index (χ1) is 3.86. The highest BCUT2D eigenvalue weighted by atomic mass is 35.6. The second kappa shape index (κ2) is 3.51. The van der Waals surface area contributed by atoms with Crippen molar-refractivity contribution < 1.29 is 0 Å². The van der Waals surface area contributed by atoms with Gasteiger partial charge in [0.15, 0.2) is 18.0 Å². The SMILES string of the molecule is Cl[SiH2]N1[SiH2]N([SiH2]Cl)[SiH2]1. The first kappa shape index (κ1) is 7.47. The molecule has 0 amide bonds. The lowest BCUT2D eigenvalue weighted by Crippen LogP contribution is -2.62. The zero-order valence-corrected chi connectivity index (χ0v) is 11.6. The third-order valence-electron chi connectivity index (χ3n) is 1.14. The standard InChI is InChI=1S/Cl2H8N2Si4/c1-5-3-7-4(6-2)8-3/h5-8H2. The van der Waals surface area contributed by atoms with Gasteiger partial charge in [0.25, 0.3) is 0 Å². The highest BCUT2D eigenvalue weighted by Crippen LogP contribution is 2.00. The van der Waals surface area contributed by atoms with E-state index in [9.17, 15) is 0 Å². The largest absolute Gasteiger partial charge is 0.348 e. The molecule has 0 aliphatic carbocycles. The van der Waals surface area contributed by atoms with Crippen LogP contribution in [0.2, 0.25) is 0 Å². The first-order valence-electron chi connectivity index (χ1n) is 2.43. The second-order valence-corrected chi connectivity index (χ2v) is 15.1. The molecule has 1 rings (SSSR count). The average molecular weight is 219 g/mol. The van der Waals surface area contributed by atoms with E-state index in [1.807, 2.05) is 0 Å². The van der Waals surface area contributed by atoms with Crippen LogP contribution in [0, 0.1) is 0 Å². The van der Waals surface area contributed by atoms with Crippen molar-refractivity contribution in [2.45, 2.75) is 0 Å². The molecule has 48 valence electrons. The summed E-state index contributed by atoms with van der Waals surface area (Å²) in [4.78, 5) is 0. The van der Waals surface area contributed by atoms with Crippen LogP contribution in [-0.4, -0.2) is 45.5 Å². The Hall–Kier alpha value is 1.37. The summed E-state index contributed by atoms with van der Waals surface area (Å²) in [6.07, 6.45) is 0. The zero-order chi connectivity index (χ0) is 5.98. The predicted molar refractivity (Wildman–Crippen MR) is 49.6 cm³/mol. The van der Waals surface area contributed by atoms with Crippen LogP contribution < -0.4 is 0 Å². The van der Waals surface area contributed by atoms with Crippen LogP contribution in [-0.2, 0) is 0 Å². The Kier molecular flexibility index (Phi) is 3.28. The van der Waals surface area contributed by atoms with Gasteiger partial charge in [0, 0.05) is 0 Å².